The van der Waals surface area contributed by atoms with E-state index in [0.29, 0.717) is 19.5 Å². The molecule has 0 fully saturated rings. The van der Waals surface area contributed by atoms with Crippen LogP contribution in [0.2, 0.25) is 0 Å². The SMILES string of the molecule is CCC(O)CNCc1cccc(C(F)F)c1. The van der Waals surface area contributed by atoms with Gasteiger partial charge in [0.25, 0.3) is 6.43 Å². The first-order chi connectivity index (χ1) is 7.63. The van der Waals surface area contributed by atoms with Gasteiger partial charge in [0, 0.05) is 18.7 Å². The molecule has 0 aliphatic heterocycles. The van der Waals surface area contributed by atoms with Crippen molar-refractivity contribution in [2.45, 2.75) is 32.4 Å². The first-order valence-electron chi connectivity index (χ1n) is 5.39. The molecule has 4 heteroatoms. The summed E-state index contributed by atoms with van der Waals surface area (Å²) in [5.74, 6) is 0. The number of aliphatic hydroxyl groups is 1. The van der Waals surface area contributed by atoms with Gasteiger partial charge in [-0.25, -0.2) is 8.78 Å². The number of nitrogens with one attached hydrogen (secondary N) is 1. The Bertz CT molecular complexity index is 318. The predicted molar refractivity (Wildman–Crippen MR) is 59.4 cm³/mol. The smallest absolute Gasteiger partial charge is 0.263 e. The molecule has 1 aromatic carbocycles. The lowest BCUT2D eigenvalue weighted by molar-refractivity contribution is 0.151. The van der Waals surface area contributed by atoms with Crippen LogP contribution in [-0.4, -0.2) is 17.8 Å². The Kier molecular flexibility index (Phi) is 5.35. The molecule has 1 aromatic rings. The minimum atomic E-state index is -2.43. The van der Waals surface area contributed by atoms with Gasteiger partial charge in [-0.1, -0.05) is 25.1 Å². The zero-order valence-corrected chi connectivity index (χ0v) is 9.29. The van der Waals surface area contributed by atoms with E-state index in [-0.39, 0.29) is 11.7 Å². The van der Waals surface area contributed by atoms with Gasteiger partial charge in [-0.05, 0) is 18.1 Å². The van der Waals surface area contributed by atoms with Gasteiger partial charge in [-0.2, -0.15) is 0 Å². The van der Waals surface area contributed by atoms with Crippen molar-refractivity contribution in [2.24, 2.45) is 0 Å². The maximum absolute atomic E-state index is 12.4. The summed E-state index contributed by atoms with van der Waals surface area (Å²) in [5, 5.41) is 12.3. The fourth-order valence-electron chi connectivity index (χ4n) is 1.37. The summed E-state index contributed by atoms with van der Waals surface area (Å²) in [7, 11) is 0. The fraction of sp³-hybridized carbons (Fsp3) is 0.500. The lowest BCUT2D eigenvalue weighted by atomic mass is 10.1. The highest BCUT2D eigenvalue weighted by atomic mass is 19.3. The summed E-state index contributed by atoms with van der Waals surface area (Å²) in [6.45, 7) is 2.87. The maximum Gasteiger partial charge on any atom is 0.263 e. The molecule has 0 radical (unpaired) electrons. The monoisotopic (exact) mass is 229 g/mol. The number of halogens is 2. The number of aliphatic hydroxyl groups excluding tert-OH is 1. The molecule has 0 amide bonds. The van der Waals surface area contributed by atoms with Crippen LogP contribution in [0, 0.1) is 0 Å². The van der Waals surface area contributed by atoms with Gasteiger partial charge < -0.3 is 10.4 Å². The lowest BCUT2D eigenvalue weighted by Gasteiger charge is -2.10. The van der Waals surface area contributed by atoms with E-state index in [1.807, 2.05) is 6.92 Å². The largest absolute Gasteiger partial charge is 0.392 e. The second kappa shape index (κ2) is 6.55. The van der Waals surface area contributed by atoms with Crippen molar-refractivity contribution in [3.63, 3.8) is 0 Å². The van der Waals surface area contributed by atoms with Gasteiger partial charge in [0.2, 0.25) is 0 Å². The van der Waals surface area contributed by atoms with Gasteiger partial charge in [0.05, 0.1) is 6.10 Å². The lowest BCUT2D eigenvalue weighted by Crippen LogP contribution is -2.25. The van der Waals surface area contributed by atoms with Crippen LogP contribution >= 0.6 is 0 Å². The van der Waals surface area contributed by atoms with Crippen molar-refractivity contribution in [2.75, 3.05) is 6.54 Å². The van der Waals surface area contributed by atoms with Gasteiger partial charge in [-0.15, -0.1) is 0 Å². The Hall–Kier alpha value is -1.00. The van der Waals surface area contributed by atoms with Crippen LogP contribution in [0.15, 0.2) is 24.3 Å². The maximum atomic E-state index is 12.4. The third kappa shape index (κ3) is 4.24. The molecule has 2 nitrogen and oxygen atoms in total. The molecule has 0 aromatic heterocycles. The van der Waals surface area contributed by atoms with E-state index in [9.17, 15) is 13.9 Å². The van der Waals surface area contributed by atoms with E-state index in [4.69, 9.17) is 0 Å². The average molecular weight is 229 g/mol. The van der Waals surface area contributed by atoms with Crippen molar-refractivity contribution in [3.05, 3.63) is 35.4 Å². The first kappa shape index (κ1) is 13.1. The van der Waals surface area contributed by atoms with E-state index in [2.05, 4.69) is 5.32 Å². The molecule has 1 rings (SSSR count). The number of rotatable bonds is 6. The van der Waals surface area contributed by atoms with Crippen LogP contribution in [0.4, 0.5) is 8.78 Å². The number of benzene rings is 1. The topological polar surface area (TPSA) is 32.3 Å². The second-order valence-electron chi connectivity index (χ2n) is 3.74. The third-order valence-corrected chi connectivity index (χ3v) is 2.38. The third-order valence-electron chi connectivity index (χ3n) is 2.38. The minimum Gasteiger partial charge on any atom is -0.392 e. The molecular formula is C12H17F2NO. The van der Waals surface area contributed by atoms with Crippen LogP contribution in [0.5, 0.6) is 0 Å². The summed E-state index contributed by atoms with van der Waals surface area (Å²) in [6.07, 6.45) is -2.12. The molecule has 0 bridgehead atoms. The summed E-state index contributed by atoms with van der Waals surface area (Å²) >= 11 is 0. The summed E-state index contributed by atoms with van der Waals surface area (Å²) in [5.41, 5.74) is 0.844. The average Bonchev–Trinajstić information content (AvgIpc) is 2.29. The van der Waals surface area contributed by atoms with Crippen molar-refractivity contribution < 1.29 is 13.9 Å². The molecule has 2 N–H and O–H groups in total. The normalized spacial score (nSPS) is 13.1. The minimum absolute atomic E-state index is 0.0374. The molecule has 0 saturated carbocycles. The summed E-state index contributed by atoms with van der Waals surface area (Å²) in [6, 6.07) is 6.30. The molecule has 1 atom stereocenters. The van der Waals surface area contributed by atoms with Crippen molar-refractivity contribution in [1.82, 2.24) is 5.32 Å². The Balaban J connectivity index is 2.45. The van der Waals surface area contributed by atoms with Gasteiger partial charge in [0.1, 0.15) is 0 Å². The van der Waals surface area contributed by atoms with Crippen LogP contribution < -0.4 is 5.32 Å². The highest BCUT2D eigenvalue weighted by molar-refractivity contribution is 5.24. The van der Waals surface area contributed by atoms with Gasteiger partial charge in [0.15, 0.2) is 0 Å². The Labute approximate surface area is 94.3 Å². The van der Waals surface area contributed by atoms with Gasteiger partial charge in [-0.3, -0.25) is 0 Å². The molecule has 0 heterocycles. The van der Waals surface area contributed by atoms with E-state index >= 15 is 0 Å². The number of alkyl halides is 2. The van der Waals surface area contributed by atoms with Crippen LogP contribution in [-0.2, 0) is 6.54 Å². The molecule has 0 aliphatic rings. The van der Waals surface area contributed by atoms with Crippen LogP contribution in [0.25, 0.3) is 0 Å². The molecule has 0 spiro atoms. The Morgan fingerprint density at radius 1 is 1.38 bits per heavy atom. The van der Waals surface area contributed by atoms with E-state index in [0.717, 1.165) is 5.56 Å². The quantitative estimate of drug-likeness (QED) is 0.785. The number of hydrogen-bond acceptors (Lipinski definition) is 2. The first-order valence-corrected chi connectivity index (χ1v) is 5.39. The molecular weight excluding hydrogens is 212 g/mol. The van der Waals surface area contributed by atoms with E-state index in [1.54, 1.807) is 12.1 Å². The van der Waals surface area contributed by atoms with Crippen molar-refractivity contribution >= 4 is 0 Å². The zero-order valence-electron chi connectivity index (χ0n) is 9.29. The van der Waals surface area contributed by atoms with Crippen LogP contribution in [0.3, 0.4) is 0 Å². The zero-order chi connectivity index (χ0) is 12.0. The molecule has 0 saturated heterocycles. The van der Waals surface area contributed by atoms with Gasteiger partial charge >= 0.3 is 0 Å². The Morgan fingerprint density at radius 3 is 2.75 bits per heavy atom. The van der Waals surface area contributed by atoms with Crippen LogP contribution in [0.1, 0.15) is 30.9 Å². The summed E-state index contributed by atoms with van der Waals surface area (Å²) < 4.78 is 24.8. The van der Waals surface area contributed by atoms with E-state index < -0.39 is 6.43 Å². The number of hydrogen-bond donors (Lipinski definition) is 2. The molecule has 16 heavy (non-hydrogen) atoms. The highest BCUT2D eigenvalue weighted by Crippen LogP contribution is 2.19. The second-order valence-corrected chi connectivity index (χ2v) is 3.74. The van der Waals surface area contributed by atoms with E-state index in [1.165, 1.54) is 12.1 Å². The standard InChI is InChI=1S/C12H17F2NO/c1-2-11(16)8-15-7-9-4-3-5-10(6-9)12(13)14/h3-6,11-12,15-16H,2,7-8H2,1H3. The molecule has 1 unspecified atom stereocenters. The fourth-order valence-corrected chi connectivity index (χ4v) is 1.37. The Morgan fingerprint density at radius 2 is 2.12 bits per heavy atom. The highest BCUT2D eigenvalue weighted by Gasteiger charge is 2.07. The molecule has 90 valence electrons. The summed E-state index contributed by atoms with van der Waals surface area (Å²) in [4.78, 5) is 0. The predicted octanol–water partition coefficient (Wildman–Crippen LogP) is 2.48. The van der Waals surface area contributed by atoms with Crippen molar-refractivity contribution in [1.29, 1.82) is 0 Å². The van der Waals surface area contributed by atoms with Crippen molar-refractivity contribution in [3.8, 4) is 0 Å². The molecule has 0 aliphatic carbocycles.